The fraction of sp³-hybridized carbons (Fsp3) is 0.500. The summed E-state index contributed by atoms with van der Waals surface area (Å²) >= 11 is 4.29. The minimum Gasteiger partial charge on any atom is -0.299 e. The van der Waals surface area contributed by atoms with E-state index < -0.39 is 0 Å². The molecule has 1 nitrogen and oxygen atoms in total. The predicted octanol–water partition coefficient (Wildman–Crippen LogP) is 3.77. The number of ketones is 1. The third-order valence-electron chi connectivity index (χ3n) is 3.73. The van der Waals surface area contributed by atoms with Crippen LogP contribution in [-0.2, 0) is 10.2 Å². The van der Waals surface area contributed by atoms with E-state index in [1.807, 2.05) is 19.1 Å². The summed E-state index contributed by atoms with van der Waals surface area (Å²) in [5.74, 6) is 0.400. The van der Waals surface area contributed by atoms with Crippen LogP contribution in [0.4, 0.5) is 0 Å². The van der Waals surface area contributed by atoms with Crippen molar-refractivity contribution in [2.24, 2.45) is 0 Å². The van der Waals surface area contributed by atoms with Gasteiger partial charge in [0, 0.05) is 11.3 Å². The molecule has 1 saturated carbocycles. The second kappa shape index (κ2) is 4.62. The van der Waals surface area contributed by atoms with E-state index in [2.05, 4.69) is 24.8 Å². The highest BCUT2D eigenvalue weighted by molar-refractivity contribution is 7.80. The Kier molecular flexibility index (Phi) is 3.38. The summed E-state index contributed by atoms with van der Waals surface area (Å²) in [7, 11) is 0. The molecule has 0 heterocycles. The SMILES string of the molecule is CCC(=O)C1(c2ccc(S)cc2)CCCC1. The summed E-state index contributed by atoms with van der Waals surface area (Å²) in [6.07, 6.45) is 5.03. The van der Waals surface area contributed by atoms with Crippen LogP contribution in [0, 0.1) is 0 Å². The number of carbonyl (C=O) groups is 1. The van der Waals surface area contributed by atoms with Gasteiger partial charge in [-0.3, -0.25) is 4.79 Å². The quantitative estimate of drug-likeness (QED) is 0.788. The fourth-order valence-electron chi connectivity index (χ4n) is 2.83. The fourth-order valence-corrected chi connectivity index (χ4v) is 2.97. The van der Waals surface area contributed by atoms with Crippen molar-refractivity contribution in [2.75, 3.05) is 0 Å². The van der Waals surface area contributed by atoms with Gasteiger partial charge in [0.2, 0.25) is 0 Å². The van der Waals surface area contributed by atoms with Crippen molar-refractivity contribution in [3.05, 3.63) is 29.8 Å². The van der Waals surface area contributed by atoms with Crippen LogP contribution in [0.15, 0.2) is 29.2 Å². The second-order valence-electron chi connectivity index (χ2n) is 4.61. The Balaban J connectivity index is 2.39. The Hall–Kier alpha value is -0.760. The second-order valence-corrected chi connectivity index (χ2v) is 5.13. The molecule has 0 aromatic heterocycles. The topological polar surface area (TPSA) is 17.1 Å². The molecule has 0 spiro atoms. The standard InChI is InChI=1S/C14H18OS/c1-2-13(15)14(9-3-4-10-14)11-5-7-12(16)8-6-11/h5-8,16H,2-4,9-10H2,1H3. The lowest BCUT2D eigenvalue weighted by atomic mass is 9.74. The third kappa shape index (κ3) is 1.91. The molecule has 0 N–H and O–H groups in total. The lowest BCUT2D eigenvalue weighted by molar-refractivity contribution is -0.124. The Morgan fingerprint density at radius 3 is 2.31 bits per heavy atom. The number of benzene rings is 1. The zero-order chi connectivity index (χ0) is 11.6. The molecule has 0 amide bonds. The summed E-state index contributed by atoms with van der Waals surface area (Å²) in [5.41, 5.74) is 1.01. The summed E-state index contributed by atoms with van der Waals surface area (Å²) in [5, 5.41) is 0. The van der Waals surface area contributed by atoms with Gasteiger partial charge in [0.25, 0.3) is 0 Å². The molecule has 0 radical (unpaired) electrons. The van der Waals surface area contributed by atoms with E-state index >= 15 is 0 Å². The molecule has 1 aromatic rings. The lowest BCUT2D eigenvalue weighted by Crippen LogP contribution is -2.32. The van der Waals surface area contributed by atoms with Crippen LogP contribution in [0.25, 0.3) is 0 Å². The number of hydrogen-bond donors (Lipinski definition) is 1. The maximum Gasteiger partial charge on any atom is 0.143 e. The van der Waals surface area contributed by atoms with Gasteiger partial charge in [-0.15, -0.1) is 12.6 Å². The van der Waals surface area contributed by atoms with Crippen LogP contribution in [0.1, 0.15) is 44.6 Å². The van der Waals surface area contributed by atoms with Gasteiger partial charge in [-0.25, -0.2) is 0 Å². The van der Waals surface area contributed by atoms with Gasteiger partial charge < -0.3 is 0 Å². The number of rotatable bonds is 3. The summed E-state index contributed by atoms with van der Waals surface area (Å²) < 4.78 is 0. The zero-order valence-corrected chi connectivity index (χ0v) is 10.6. The molecular formula is C14H18OS. The van der Waals surface area contributed by atoms with Crippen molar-refractivity contribution in [2.45, 2.75) is 49.3 Å². The van der Waals surface area contributed by atoms with Gasteiger partial charge in [-0.1, -0.05) is 31.9 Å². The van der Waals surface area contributed by atoms with Gasteiger partial charge in [0.15, 0.2) is 0 Å². The van der Waals surface area contributed by atoms with Crippen molar-refractivity contribution < 1.29 is 4.79 Å². The molecule has 2 rings (SSSR count). The minimum absolute atomic E-state index is 0.184. The molecule has 1 aromatic carbocycles. The number of carbonyl (C=O) groups excluding carboxylic acids is 1. The van der Waals surface area contributed by atoms with Gasteiger partial charge in [-0.05, 0) is 30.5 Å². The van der Waals surface area contributed by atoms with Crippen LogP contribution < -0.4 is 0 Å². The van der Waals surface area contributed by atoms with Crippen LogP contribution in [0.3, 0.4) is 0 Å². The highest BCUT2D eigenvalue weighted by Gasteiger charge is 2.40. The Labute approximate surface area is 103 Å². The maximum absolute atomic E-state index is 12.2. The van der Waals surface area contributed by atoms with E-state index in [0.29, 0.717) is 12.2 Å². The highest BCUT2D eigenvalue weighted by atomic mass is 32.1. The molecule has 1 aliphatic carbocycles. The zero-order valence-electron chi connectivity index (χ0n) is 9.70. The third-order valence-corrected chi connectivity index (χ3v) is 4.03. The monoisotopic (exact) mass is 234 g/mol. The van der Waals surface area contributed by atoms with Crippen LogP contribution in [-0.4, -0.2) is 5.78 Å². The Morgan fingerprint density at radius 2 is 1.81 bits per heavy atom. The predicted molar refractivity (Wildman–Crippen MR) is 69.1 cm³/mol. The van der Waals surface area contributed by atoms with E-state index in [-0.39, 0.29) is 5.41 Å². The first kappa shape index (κ1) is 11.7. The first-order chi connectivity index (χ1) is 7.69. The van der Waals surface area contributed by atoms with Gasteiger partial charge in [-0.2, -0.15) is 0 Å². The average Bonchev–Trinajstić information content (AvgIpc) is 2.79. The van der Waals surface area contributed by atoms with Crippen molar-refractivity contribution in [3.8, 4) is 0 Å². The Morgan fingerprint density at radius 1 is 1.25 bits per heavy atom. The molecule has 0 unspecified atom stereocenters. The van der Waals surface area contributed by atoms with Gasteiger partial charge in [0.1, 0.15) is 5.78 Å². The lowest BCUT2D eigenvalue weighted by Gasteiger charge is -2.27. The van der Waals surface area contributed by atoms with E-state index in [0.717, 1.165) is 17.7 Å². The first-order valence-electron chi connectivity index (χ1n) is 6.02. The maximum atomic E-state index is 12.2. The smallest absolute Gasteiger partial charge is 0.143 e. The largest absolute Gasteiger partial charge is 0.299 e. The van der Waals surface area contributed by atoms with E-state index in [1.54, 1.807) is 0 Å². The van der Waals surface area contributed by atoms with Crippen molar-refractivity contribution >= 4 is 18.4 Å². The minimum atomic E-state index is -0.184. The Bertz CT molecular complexity index is 374. The molecule has 2 heteroatoms. The van der Waals surface area contributed by atoms with Crippen LogP contribution >= 0.6 is 12.6 Å². The molecule has 1 fully saturated rings. The van der Waals surface area contributed by atoms with E-state index in [4.69, 9.17) is 0 Å². The molecule has 16 heavy (non-hydrogen) atoms. The summed E-state index contributed by atoms with van der Waals surface area (Å²) in [6.45, 7) is 1.97. The van der Waals surface area contributed by atoms with Crippen molar-refractivity contribution in [3.63, 3.8) is 0 Å². The summed E-state index contributed by atoms with van der Waals surface area (Å²) in [4.78, 5) is 13.2. The average molecular weight is 234 g/mol. The molecule has 0 atom stereocenters. The molecule has 1 aliphatic rings. The number of thiol groups is 1. The normalized spacial score (nSPS) is 18.6. The molecular weight excluding hydrogens is 216 g/mol. The van der Waals surface area contributed by atoms with Gasteiger partial charge >= 0.3 is 0 Å². The van der Waals surface area contributed by atoms with Crippen LogP contribution in [0.5, 0.6) is 0 Å². The number of Topliss-reactive ketones (excluding diaryl/α,β-unsaturated/α-hetero) is 1. The van der Waals surface area contributed by atoms with E-state index in [1.165, 1.54) is 18.4 Å². The number of hydrogen-bond acceptors (Lipinski definition) is 2. The highest BCUT2D eigenvalue weighted by Crippen LogP contribution is 2.42. The van der Waals surface area contributed by atoms with Crippen molar-refractivity contribution in [1.29, 1.82) is 0 Å². The first-order valence-corrected chi connectivity index (χ1v) is 6.46. The molecule has 0 saturated heterocycles. The molecule has 86 valence electrons. The van der Waals surface area contributed by atoms with Gasteiger partial charge in [0.05, 0.1) is 5.41 Å². The van der Waals surface area contributed by atoms with Crippen LogP contribution in [0.2, 0.25) is 0 Å². The van der Waals surface area contributed by atoms with E-state index in [9.17, 15) is 4.79 Å². The van der Waals surface area contributed by atoms with Crippen molar-refractivity contribution in [1.82, 2.24) is 0 Å². The molecule has 0 bridgehead atoms. The summed E-state index contributed by atoms with van der Waals surface area (Å²) in [6, 6.07) is 8.12. The molecule has 0 aliphatic heterocycles.